The maximum Gasteiger partial charge on any atom is 0.173 e. The Labute approximate surface area is 132 Å². The Morgan fingerprint density at radius 3 is 2.67 bits per heavy atom. The Bertz CT molecular complexity index is 500. The van der Waals surface area contributed by atoms with Crippen molar-refractivity contribution >= 4 is 17.3 Å². The molecule has 21 heavy (non-hydrogen) atoms. The fraction of sp³-hybridized carbons (Fsp3) is 0.438. The molecule has 0 radical (unpaired) electrons. The molecular formula is C16H23N3OS. The van der Waals surface area contributed by atoms with Crippen LogP contribution < -0.4 is 5.32 Å². The Kier molecular flexibility index (Phi) is 5.44. The first-order valence-electron chi connectivity index (χ1n) is 7.23. The number of ether oxygens (including phenoxy) is 1. The van der Waals surface area contributed by atoms with E-state index < -0.39 is 0 Å². The van der Waals surface area contributed by atoms with Gasteiger partial charge >= 0.3 is 0 Å². The van der Waals surface area contributed by atoms with Crippen molar-refractivity contribution in [2.45, 2.75) is 13.8 Å². The van der Waals surface area contributed by atoms with E-state index in [1.54, 1.807) is 0 Å². The van der Waals surface area contributed by atoms with Crippen LogP contribution in [0.15, 0.2) is 48.0 Å². The third-order valence-corrected chi connectivity index (χ3v) is 4.16. The smallest absolute Gasteiger partial charge is 0.173 e. The van der Waals surface area contributed by atoms with Crippen molar-refractivity contribution in [3.8, 4) is 0 Å². The van der Waals surface area contributed by atoms with Crippen LogP contribution in [0.25, 0.3) is 0 Å². The Morgan fingerprint density at radius 2 is 2.05 bits per heavy atom. The molecule has 1 saturated heterocycles. The van der Waals surface area contributed by atoms with Gasteiger partial charge in [0.25, 0.3) is 0 Å². The van der Waals surface area contributed by atoms with Gasteiger partial charge in [0.05, 0.1) is 0 Å². The molecule has 0 aliphatic carbocycles. The van der Waals surface area contributed by atoms with Crippen LogP contribution in [0.2, 0.25) is 0 Å². The molecule has 0 aromatic rings. The average Bonchev–Trinajstić information content (AvgIpc) is 2.86. The average molecular weight is 305 g/mol. The second kappa shape index (κ2) is 7.31. The Morgan fingerprint density at radius 1 is 1.33 bits per heavy atom. The van der Waals surface area contributed by atoms with E-state index in [1.165, 1.54) is 5.57 Å². The molecule has 0 amide bonds. The molecule has 2 aliphatic rings. The van der Waals surface area contributed by atoms with Gasteiger partial charge in [-0.05, 0) is 43.9 Å². The van der Waals surface area contributed by atoms with Gasteiger partial charge in [-0.3, -0.25) is 0 Å². The van der Waals surface area contributed by atoms with E-state index in [2.05, 4.69) is 28.6 Å². The number of hydrogen-bond donors (Lipinski definition) is 1. The van der Waals surface area contributed by atoms with Crippen LogP contribution in [0.1, 0.15) is 13.8 Å². The summed E-state index contributed by atoms with van der Waals surface area (Å²) in [4.78, 5) is 4.40. The van der Waals surface area contributed by atoms with Crippen molar-refractivity contribution in [3.05, 3.63) is 48.0 Å². The highest BCUT2D eigenvalue weighted by Gasteiger charge is 2.18. The molecule has 114 valence electrons. The van der Waals surface area contributed by atoms with E-state index >= 15 is 0 Å². The first-order valence-corrected chi connectivity index (χ1v) is 7.64. The first kappa shape index (κ1) is 15.6. The number of piperazine rings is 1. The predicted molar refractivity (Wildman–Crippen MR) is 90.6 cm³/mol. The van der Waals surface area contributed by atoms with E-state index in [9.17, 15) is 0 Å². The predicted octanol–water partition coefficient (Wildman–Crippen LogP) is 2.39. The summed E-state index contributed by atoms with van der Waals surface area (Å²) in [5.41, 5.74) is 2.31. The molecule has 1 fully saturated rings. The number of rotatable bonds is 3. The van der Waals surface area contributed by atoms with Crippen LogP contribution >= 0.6 is 12.2 Å². The molecule has 0 unspecified atom stereocenters. The van der Waals surface area contributed by atoms with Gasteiger partial charge in [-0.15, -0.1) is 0 Å². The first-order chi connectivity index (χ1) is 10.2. The molecule has 0 bridgehead atoms. The largest absolute Gasteiger partial charge is 0.489 e. The normalized spacial score (nSPS) is 21.1. The maximum atomic E-state index is 5.63. The van der Waals surface area contributed by atoms with Crippen molar-refractivity contribution < 1.29 is 4.74 Å². The zero-order valence-corrected chi connectivity index (χ0v) is 13.6. The fourth-order valence-corrected chi connectivity index (χ4v) is 2.59. The van der Waals surface area contributed by atoms with Crippen LogP contribution in [-0.2, 0) is 4.74 Å². The SMILES string of the molecule is C=CN1CCN(C(=S)N/C=C2/COC(/C=C\C)=C2C)CC1. The number of nitrogens with one attached hydrogen (secondary N) is 1. The molecule has 2 aliphatic heterocycles. The van der Waals surface area contributed by atoms with Gasteiger partial charge < -0.3 is 19.9 Å². The third kappa shape index (κ3) is 3.88. The minimum Gasteiger partial charge on any atom is -0.489 e. The lowest BCUT2D eigenvalue weighted by Gasteiger charge is -2.35. The zero-order chi connectivity index (χ0) is 15.2. The van der Waals surface area contributed by atoms with Crippen LogP contribution in [0.4, 0.5) is 0 Å². The van der Waals surface area contributed by atoms with E-state index in [0.717, 1.165) is 42.6 Å². The van der Waals surface area contributed by atoms with Crippen LogP contribution in [-0.4, -0.2) is 47.7 Å². The lowest BCUT2D eigenvalue weighted by molar-refractivity contribution is 0.237. The summed E-state index contributed by atoms with van der Waals surface area (Å²) < 4.78 is 5.63. The molecule has 4 nitrogen and oxygen atoms in total. The minimum absolute atomic E-state index is 0.603. The van der Waals surface area contributed by atoms with E-state index in [4.69, 9.17) is 17.0 Å². The molecule has 2 rings (SSSR count). The van der Waals surface area contributed by atoms with Gasteiger partial charge in [-0.2, -0.15) is 0 Å². The molecule has 1 N–H and O–H groups in total. The standard InChI is InChI=1S/C16H23N3OS/c1-4-6-15-13(3)14(12-20-15)11-17-16(21)19-9-7-18(5-2)8-10-19/h4-6,11H,2,7-10,12H2,1,3H3,(H,17,21)/b6-4-,14-11-. The van der Waals surface area contributed by atoms with Gasteiger partial charge in [-0.1, -0.05) is 12.7 Å². The van der Waals surface area contributed by atoms with Gasteiger partial charge in [-0.25, -0.2) is 0 Å². The zero-order valence-electron chi connectivity index (χ0n) is 12.8. The highest BCUT2D eigenvalue weighted by Crippen LogP contribution is 2.24. The van der Waals surface area contributed by atoms with Crippen molar-refractivity contribution in [2.75, 3.05) is 32.8 Å². The maximum absolute atomic E-state index is 5.63. The van der Waals surface area contributed by atoms with E-state index in [0.29, 0.717) is 6.61 Å². The topological polar surface area (TPSA) is 27.7 Å². The summed E-state index contributed by atoms with van der Waals surface area (Å²) in [7, 11) is 0. The van der Waals surface area contributed by atoms with Gasteiger partial charge in [0.1, 0.15) is 12.4 Å². The molecule has 2 heterocycles. The summed E-state index contributed by atoms with van der Waals surface area (Å²) in [6.45, 7) is 12.2. The quantitative estimate of drug-likeness (QED) is 0.808. The second-order valence-electron chi connectivity index (χ2n) is 5.10. The molecule has 0 aromatic heterocycles. The summed E-state index contributed by atoms with van der Waals surface area (Å²) in [5, 5.41) is 4.01. The van der Waals surface area contributed by atoms with Crippen LogP contribution in [0.3, 0.4) is 0 Å². The summed E-state index contributed by atoms with van der Waals surface area (Å²) >= 11 is 5.46. The molecular weight excluding hydrogens is 282 g/mol. The Hall–Kier alpha value is -1.75. The van der Waals surface area contributed by atoms with Crippen LogP contribution in [0, 0.1) is 0 Å². The van der Waals surface area contributed by atoms with Crippen molar-refractivity contribution in [3.63, 3.8) is 0 Å². The van der Waals surface area contributed by atoms with E-state index in [1.807, 2.05) is 31.5 Å². The second-order valence-corrected chi connectivity index (χ2v) is 5.49. The monoisotopic (exact) mass is 305 g/mol. The third-order valence-electron chi connectivity index (χ3n) is 3.78. The molecule has 0 saturated carbocycles. The van der Waals surface area contributed by atoms with Crippen LogP contribution in [0.5, 0.6) is 0 Å². The summed E-state index contributed by atoms with van der Waals surface area (Å²) in [5.74, 6) is 0.941. The summed E-state index contributed by atoms with van der Waals surface area (Å²) in [6.07, 6.45) is 7.83. The van der Waals surface area contributed by atoms with Crippen molar-refractivity contribution in [2.24, 2.45) is 0 Å². The highest BCUT2D eigenvalue weighted by molar-refractivity contribution is 7.80. The highest BCUT2D eigenvalue weighted by atomic mass is 32.1. The fourth-order valence-electron chi connectivity index (χ4n) is 2.35. The molecule has 0 aromatic carbocycles. The van der Waals surface area contributed by atoms with Crippen molar-refractivity contribution in [1.82, 2.24) is 15.1 Å². The lowest BCUT2D eigenvalue weighted by atomic mass is 10.1. The molecule has 0 spiro atoms. The summed E-state index contributed by atoms with van der Waals surface area (Å²) in [6, 6.07) is 0. The van der Waals surface area contributed by atoms with Gasteiger partial charge in [0.2, 0.25) is 0 Å². The van der Waals surface area contributed by atoms with Crippen molar-refractivity contribution in [1.29, 1.82) is 0 Å². The number of hydrogen-bond acceptors (Lipinski definition) is 3. The van der Waals surface area contributed by atoms with Gasteiger partial charge in [0.15, 0.2) is 5.11 Å². The Balaban J connectivity index is 1.90. The minimum atomic E-state index is 0.603. The molecule has 0 atom stereocenters. The lowest BCUT2D eigenvalue weighted by Crippen LogP contribution is -2.49. The number of allylic oxidation sites excluding steroid dienone is 2. The number of thiocarbonyl (C=S) groups is 1. The van der Waals surface area contributed by atoms with E-state index in [-0.39, 0.29) is 0 Å². The van der Waals surface area contributed by atoms with Gasteiger partial charge in [0, 0.05) is 38.0 Å². The molecule has 5 heteroatoms. The number of nitrogens with zero attached hydrogens (tertiary/aromatic N) is 2.